The summed E-state index contributed by atoms with van der Waals surface area (Å²) in [6.45, 7) is 9.37. The van der Waals surface area contributed by atoms with Gasteiger partial charge in [0.25, 0.3) is 0 Å². The van der Waals surface area contributed by atoms with Crippen LogP contribution in [0.25, 0.3) is 0 Å². The highest BCUT2D eigenvalue weighted by atomic mass is 16.4. The van der Waals surface area contributed by atoms with Gasteiger partial charge in [0.15, 0.2) is 0 Å². The van der Waals surface area contributed by atoms with Crippen molar-refractivity contribution in [2.75, 3.05) is 0 Å². The number of hydrogen-bond acceptors (Lipinski definition) is 3. The van der Waals surface area contributed by atoms with Crippen LogP contribution in [0.1, 0.15) is 45.8 Å². The minimum atomic E-state index is -0.714. The molecule has 2 rings (SSSR count). The first-order valence-corrected chi connectivity index (χ1v) is 6.92. The van der Waals surface area contributed by atoms with E-state index in [4.69, 9.17) is 5.11 Å². The van der Waals surface area contributed by atoms with Crippen molar-refractivity contribution in [3.8, 4) is 0 Å². The van der Waals surface area contributed by atoms with Crippen molar-refractivity contribution in [1.82, 2.24) is 14.8 Å². The fraction of sp³-hybridized carbons (Fsp3) is 0.786. The van der Waals surface area contributed by atoms with Gasteiger partial charge in [-0.2, -0.15) is 0 Å². The van der Waals surface area contributed by atoms with Gasteiger partial charge in [-0.15, -0.1) is 10.2 Å². The molecule has 2 atom stereocenters. The lowest BCUT2D eigenvalue weighted by atomic mass is 9.80. The number of rotatable bonds is 3. The first-order valence-electron chi connectivity index (χ1n) is 6.92. The quantitative estimate of drug-likeness (QED) is 0.909. The van der Waals surface area contributed by atoms with Crippen molar-refractivity contribution < 1.29 is 9.90 Å². The van der Waals surface area contributed by atoms with Crippen molar-refractivity contribution >= 4 is 5.97 Å². The number of aliphatic carboxylic acids is 1. The number of carbonyl (C=O) groups is 1. The first-order chi connectivity index (χ1) is 8.79. The van der Waals surface area contributed by atoms with E-state index >= 15 is 0 Å². The molecule has 1 aromatic heterocycles. The Bertz CT molecular complexity index is 474. The van der Waals surface area contributed by atoms with Gasteiger partial charge in [-0.25, -0.2) is 0 Å². The zero-order chi connectivity index (χ0) is 14.2. The minimum Gasteiger partial charge on any atom is -0.481 e. The van der Waals surface area contributed by atoms with E-state index in [1.54, 1.807) is 0 Å². The Balaban J connectivity index is 2.17. The summed E-state index contributed by atoms with van der Waals surface area (Å²) in [4.78, 5) is 11.1. The highest BCUT2D eigenvalue weighted by molar-refractivity contribution is 5.70. The smallest absolute Gasteiger partial charge is 0.308 e. The van der Waals surface area contributed by atoms with Crippen LogP contribution in [0.15, 0.2) is 0 Å². The van der Waals surface area contributed by atoms with Gasteiger partial charge in [-0.3, -0.25) is 4.79 Å². The molecule has 1 aromatic rings. The molecule has 0 saturated heterocycles. The van der Waals surface area contributed by atoms with E-state index in [0.29, 0.717) is 25.3 Å². The average molecular weight is 265 g/mol. The second-order valence-corrected chi connectivity index (χ2v) is 6.69. The molecule has 106 valence electrons. The van der Waals surface area contributed by atoms with Crippen molar-refractivity contribution in [2.45, 2.75) is 53.5 Å². The number of carboxylic acids is 1. The van der Waals surface area contributed by atoms with Crippen LogP contribution in [-0.2, 0) is 24.2 Å². The zero-order valence-electron chi connectivity index (χ0n) is 12.2. The standard InChI is InChI=1S/C14H23N3O2/c1-9(14(2,3)4)7-12-16-15-11-6-5-10(13(18)19)8-17(11)12/h9-10H,5-8H2,1-4H3,(H,18,19). The predicted molar refractivity (Wildman–Crippen MR) is 71.8 cm³/mol. The lowest BCUT2D eigenvalue weighted by Gasteiger charge is -2.28. The molecule has 0 saturated carbocycles. The van der Waals surface area contributed by atoms with Crippen LogP contribution in [0.5, 0.6) is 0 Å². The van der Waals surface area contributed by atoms with Gasteiger partial charge in [0.2, 0.25) is 0 Å². The Morgan fingerprint density at radius 1 is 1.47 bits per heavy atom. The number of aromatic nitrogens is 3. The summed E-state index contributed by atoms with van der Waals surface area (Å²) in [6.07, 6.45) is 2.24. The van der Waals surface area contributed by atoms with Crippen molar-refractivity contribution in [3.63, 3.8) is 0 Å². The molecule has 0 radical (unpaired) electrons. The lowest BCUT2D eigenvalue weighted by Crippen LogP contribution is -2.29. The van der Waals surface area contributed by atoms with Crippen molar-refractivity contribution in [1.29, 1.82) is 0 Å². The molecular formula is C14H23N3O2. The highest BCUT2D eigenvalue weighted by Crippen LogP contribution is 2.29. The topological polar surface area (TPSA) is 68.0 Å². The lowest BCUT2D eigenvalue weighted by molar-refractivity contribution is -0.142. The molecular weight excluding hydrogens is 242 g/mol. The molecule has 0 bridgehead atoms. The summed E-state index contributed by atoms with van der Waals surface area (Å²) in [5.74, 6) is 1.34. The number of fused-ring (bicyclic) bond motifs is 1. The van der Waals surface area contributed by atoms with Crippen LogP contribution < -0.4 is 0 Å². The van der Waals surface area contributed by atoms with Crippen LogP contribution in [0.3, 0.4) is 0 Å². The fourth-order valence-corrected chi connectivity index (χ4v) is 2.32. The number of nitrogens with zero attached hydrogens (tertiary/aromatic N) is 3. The van der Waals surface area contributed by atoms with Crippen LogP contribution in [-0.4, -0.2) is 25.8 Å². The summed E-state index contributed by atoms with van der Waals surface area (Å²) in [5.41, 5.74) is 0.216. The zero-order valence-corrected chi connectivity index (χ0v) is 12.2. The second-order valence-electron chi connectivity index (χ2n) is 6.69. The molecule has 0 amide bonds. The fourth-order valence-electron chi connectivity index (χ4n) is 2.32. The SMILES string of the molecule is CC(Cc1nnc2n1CC(C(=O)O)CC2)C(C)(C)C. The van der Waals surface area contributed by atoms with Gasteiger partial charge in [-0.1, -0.05) is 27.7 Å². The molecule has 1 aliphatic heterocycles. The number of aryl methyl sites for hydroxylation is 1. The molecule has 0 aliphatic carbocycles. The van der Waals surface area contributed by atoms with Gasteiger partial charge in [0.05, 0.1) is 5.92 Å². The summed E-state index contributed by atoms with van der Waals surface area (Å²) in [6, 6.07) is 0. The summed E-state index contributed by atoms with van der Waals surface area (Å²) in [7, 11) is 0. The van der Waals surface area contributed by atoms with E-state index < -0.39 is 5.97 Å². The largest absolute Gasteiger partial charge is 0.481 e. The predicted octanol–water partition coefficient (Wildman–Crippen LogP) is 2.15. The van der Waals surface area contributed by atoms with Crippen LogP contribution in [0.2, 0.25) is 0 Å². The number of hydrogen-bond donors (Lipinski definition) is 1. The van der Waals surface area contributed by atoms with Gasteiger partial charge in [0.1, 0.15) is 11.6 Å². The van der Waals surface area contributed by atoms with Gasteiger partial charge in [0, 0.05) is 19.4 Å². The normalized spacial score (nSPS) is 20.9. The summed E-state index contributed by atoms with van der Waals surface area (Å²) >= 11 is 0. The molecule has 0 fully saturated rings. The minimum absolute atomic E-state index is 0.216. The average Bonchev–Trinajstić information content (AvgIpc) is 2.70. The van der Waals surface area contributed by atoms with E-state index in [1.165, 1.54) is 0 Å². The second kappa shape index (κ2) is 4.94. The molecule has 5 heteroatoms. The van der Waals surface area contributed by atoms with Gasteiger partial charge >= 0.3 is 5.97 Å². The molecule has 2 heterocycles. The van der Waals surface area contributed by atoms with Gasteiger partial charge < -0.3 is 9.67 Å². The molecule has 1 N–H and O–H groups in total. The summed E-state index contributed by atoms with van der Waals surface area (Å²) < 4.78 is 2.02. The molecule has 2 unspecified atom stereocenters. The first kappa shape index (κ1) is 14.0. The molecule has 19 heavy (non-hydrogen) atoms. The Morgan fingerprint density at radius 3 is 2.74 bits per heavy atom. The van der Waals surface area contributed by atoms with Crippen molar-refractivity contribution in [3.05, 3.63) is 11.6 Å². The molecule has 5 nitrogen and oxygen atoms in total. The van der Waals surface area contributed by atoms with E-state index in [9.17, 15) is 4.79 Å². The Labute approximate surface area is 114 Å². The van der Waals surface area contributed by atoms with Crippen LogP contribution in [0.4, 0.5) is 0 Å². The third kappa shape index (κ3) is 2.96. The third-order valence-corrected chi connectivity index (χ3v) is 4.34. The molecule has 1 aliphatic rings. The maximum absolute atomic E-state index is 11.1. The van der Waals surface area contributed by atoms with Crippen LogP contribution in [0, 0.1) is 17.3 Å². The summed E-state index contributed by atoms with van der Waals surface area (Å²) in [5, 5.41) is 17.6. The third-order valence-electron chi connectivity index (χ3n) is 4.34. The Hall–Kier alpha value is -1.39. The van der Waals surface area contributed by atoms with E-state index in [0.717, 1.165) is 18.1 Å². The highest BCUT2D eigenvalue weighted by Gasteiger charge is 2.29. The Kier molecular flexibility index (Phi) is 3.65. The van der Waals surface area contributed by atoms with Crippen molar-refractivity contribution in [2.24, 2.45) is 17.3 Å². The maximum atomic E-state index is 11.1. The Morgan fingerprint density at radius 2 is 2.16 bits per heavy atom. The number of carboxylic acid groups (broad SMARTS) is 1. The van der Waals surface area contributed by atoms with Gasteiger partial charge in [-0.05, 0) is 17.8 Å². The molecule has 0 spiro atoms. The van der Waals surface area contributed by atoms with Crippen LogP contribution >= 0.6 is 0 Å². The van der Waals surface area contributed by atoms with E-state index in [1.807, 2.05) is 4.57 Å². The monoisotopic (exact) mass is 265 g/mol. The maximum Gasteiger partial charge on any atom is 0.308 e. The molecule has 0 aromatic carbocycles. The van der Waals surface area contributed by atoms with E-state index in [-0.39, 0.29) is 11.3 Å². The van der Waals surface area contributed by atoms with E-state index in [2.05, 4.69) is 37.9 Å².